The second-order valence-corrected chi connectivity index (χ2v) is 4.80. The molecule has 5 heteroatoms. The van der Waals surface area contributed by atoms with Gasteiger partial charge in [0.05, 0.1) is 0 Å². The highest BCUT2D eigenvalue weighted by atomic mass is 32.2. The van der Waals surface area contributed by atoms with Crippen LogP contribution in [0.5, 0.6) is 0 Å². The van der Waals surface area contributed by atoms with Gasteiger partial charge >= 0.3 is 0 Å². The van der Waals surface area contributed by atoms with Crippen LogP contribution < -0.4 is 5.32 Å². The fourth-order valence-electron chi connectivity index (χ4n) is 1.55. The summed E-state index contributed by atoms with van der Waals surface area (Å²) in [7, 11) is 0. The Morgan fingerprint density at radius 2 is 2.18 bits per heavy atom. The average molecular weight is 255 g/mol. The van der Waals surface area contributed by atoms with Crippen molar-refractivity contribution in [2.24, 2.45) is 0 Å². The average Bonchev–Trinajstić information content (AvgIpc) is 2.33. The van der Waals surface area contributed by atoms with E-state index in [2.05, 4.69) is 29.1 Å². The van der Waals surface area contributed by atoms with Crippen LogP contribution in [0.1, 0.15) is 32.3 Å². The summed E-state index contributed by atoms with van der Waals surface area (Å²) < 4.78 is 0. The quantitative estimate of drug-likeness (QED) is 0.424. The zero-order valence-electron chi connectivity index (χ0n) is 10.6. The maximum Gasteiger partial charge on any atom is 0.133 e. The summed E-state index contributed by atoms with van der Waals surface area (Å²) in [5.74, 6) is 1.85. The van der Waals surface area contributed by atoms with Crippen molar-refractivity contribution in [2.45, 2.75) is 38.1 Å². The Hall–Kier alpha value is -0.810. The number of nitrogens with zero attached hydrogens (tertiary/aromatic N) is 2. The van der Waals surface area contributed by atoms with Crippen molar-refractivity contribution in [2.75, 3.05) is 24.2 Å². The van der Waals surface area contributed by atoms with Crippen molar-refractivity contribution < 1.29 is 5.11 Å². The molecule has 0 amide bonds. The summed E-state index contributed by atoms with van der Waals surface area (Å²) in [4.78, 5) is 8.63. The first-order valence-corrected chi connectivity index (χ1v) is 7.13. The van der Waals surface area contributed by atoms with E-state index in [0.29, 0.717) is 0 Å². The molecule has 17 heavy (non-hydrogen) atoms. The molecule has 1 rings (SSSR count). The van der Waals surface area contributed by atoms with Gasteiger partial charge < -0.3 is 10.4 Å². The lowest BCUT2D eigenvalue weighted by molar-refractivity contribution is 0.296. The monoisotopic (exact) mass is 255 g/mol. The van der Waals surface area contributed by atoms with Crippen molar-refractivity contribution in [1.29, 1.82) is 0 Å². The van der Waals surface area contributed by atoms with Gasteiger partial charge in [0.25, 0.3) is 0 Å². The van der Waals surface area contributed by atoms with Crippen LogP contribution in [-0.4, -0.2) is 34.0 Å². The topological polar surface area (TPSA) is 58.0 Å². The normalized spacial score (nSPS) is 10.5. The van der Waals surface area contributed by atoms with Gasteiger partial charge in [-0.25, -0.2) is 9.97 Å². The molecule has 4 nitrogen and oxygen atoms in total. The van der Waals surface area contributed by atoms with Crippen LogP contribution in [0.2, 0.25) is 0 Å². The minimum absolute atomic E-state index is 0.237. The Labute approximate surface area is 107 Å². The molecule has 0 spiro atoms. The van der Waals surface area contributed by atoms with E-state index < -0.39 is 0 Å². The Morgan fingerprint density at radius 1 is 1.35 bits per heavy atom. The first-order chi connectivity index (χ1) is 8.33. The molecule has 0 atom stereocenters. The summed E-state index contributed by atoms with van der Waals surface area (Å²) in [6, 6.07) is 0. The predicted molar refractivity (Wildman–Crippen MR) is 72.6 cm³/mol. The molecular formula is C12H21N3OS. The molecule has 0 unspecified atom stereocenters. The van der Waals surface area contributed by atoms with Crippen LogP contribution >= 0.6 is 11.8 Å². The zero-order chi connectivity index (χ0) is 12.5. The fourth-order valence-corrected chi connectivity index (χ4v) is 2.51. The second-order valence-electron chi connectivity index (χ2n) is 3.71. The molecule has 96 valence electrons. The van der Waals surface area contributed by atoms with E-state index in [4.69, 9.17) is 5.11 Å². The van der Waals surface area contributed by atoms with Gasteiger partial charge in [0.2, 0.25) is 0 Å². The minimum atomic E-state index is 0.237. The van der Waals surface area contributed by atoms with Crippen LogP contribution in [-0.2, 0) is 6.42 Å². The third-order valence-corrected chi connectivity index (χ3v) is 3.41. The van der Waals surface area contributed by atoms with Crippen LogP contribution in [0.15, 0.2) is 11.4 Å². The molecule has 0 aliphatic heterocycles. The van der Waals surface area contributed by atoms with Gasteiger partial charge in [-0.15, -0.1) is 11.8 Å². The number of thioether (sulfide) groups is 1. The Bertz CT molecular complexity index is 334. The van der Waals surface area contributed by atoms with Gasteiger partial charge in [0.15, 0.2) is 0 Å². The van der Waals surface area contributed by atoms with E-state index in [9.17, 15) is 0 Å². The first kappa shape index (κ1) is 14.3. The molecule has 0 aliphatic carbocycles. The number of hydrogen-bond acceptors (Lipinski definition) is 5. The maximum absolute atomic E-state index is 8.80. The molecule has 1 aromatic heterocycles. The molecule has 0 bridgehead atoms. The SMILES string of the molecule is CCCc1c(NCC)ncnc1SCCCO. The third-order valence-electron chi connectivity index (χ3n) is 2.29. The van der Waals surface area contributed by atoms with E-state index in [1.165, 1.54) is 5.56 Å². The highest BCUT2D eigenvalue weighted by Crippen LogP contribution is 2.26. The number of aromatic nitrogens is 2. The smallest absolute Gasteiger partial charge is 0.133 e. The lowest BCUT2D eigenvalue weighted by Crippen LogP contribution is -2.06. The Morgan fingerprint density at radius 3 is 2.82 bits per heavy atom. The zero-order valence-corrected chi connectivity index (χ0v) is 11.4. The lowest BCUT2D eigenvalue weighted by atomic mass is 10.2. The number of aliphatic hydroxyl groups excluding tert-OH is 1. The highest BCUT2D eigenvalue weighted by molar-refractivity contribution is 7.99. The molecule has 0 fully saturated rings. The first-order valence-electron chi connectivity index (χ1n) is 6.14. The fraction of sp³-hybridized carbons (Fsp3) is 0.667. The van der Waals surface area contributed by atoms with E-state index in [-0.39, 0.29) is 6.61 Å². The largest absolute Gasteiger partial charge is 0.396 e. The summed E-state index contributed by atoms with van der Waals surface area (Å²) in [5.41, 5.74) is 1.21. The molecule has 0 saturated carbocycles. The molecular weight excluding hydrogens is 234 g/mol. The molecule has 1 heterocycles. The number of nitrogens with one attached hydrogen (secondary N) is 1. The summed E-state index contributed by atoms with van der Waals surface area (Å²) in [6.07, 6.45) is 4.49. The lowest BCUT2D eigenvalue weighted by Gasteiger charge is -2.12. The number of hydrogen-bond donors (Lipinski definition) is 2. The number of aliphatic hydroxyl groups is 1. The Balaban J connectivity index is 2.81. The van der Waals surface area contributed by atoms with E-state index in [1.54, 1.807) is 18.1 Å². The highest BCUT2D eigenvalue weighted by Gasteiger charge is 2.10. The predicted octanol–water partition coefficient (Wildman–Crippen LogP) is 2.34. The molecule has 0 aromatic carbocycles. The van der Waals surface area contributed by atoms with Crippen molar-refractivity contribution >= 4 is 17.6 Å². The minimum Gasteiger partial charge on any atom is -0.396 e. The van der Waals surface area contributed by atoms with Crippen molar-refractivity contribution in [3.8, 4) is 0 Å². The van der Waals surface area contributed by atoms with Crippen molar-refractivity contribution in [1.82, 2.24) is 9.97 Å². The Kier molecular flexibility index (Phi) is 6.96. The van der Waals surface area contributed by atoms with E-state index in [1.807, 2.05) is 0 Å². The van der Waals surface area contributed by atoms with E-state index >= 15 is 0 Å². The summed E-state index contributed by atoms with van der Waals surface area (Å²) in [5, 5.41) is 13.1. The molecule has 2 N–H and O–H groups in total. The molecule has 1 aromatic rings. The van der Waals surface area contributed by atoms with Gasteiger partial charge in [-0.2, -0.15) is 0 Å². The standard InChI is InChI=1S/C12H21N3OS/c1-3-6-10-11(13-4-2)14-9-15-12(10)17-8-5-7-16/h9,16H,3-8H2,1-2H3,(H,13,14,15). The maximum atomic E-state index is 8.80. The third kappa shape index (κ3) is 4.52. The van der Waals surface area contributed by atoms with Gasteiger partial charge in [-0.1, -0.05) is 13.3 Å². The van der Waals surface area contributed by atoms with Gasteiger partial charge in [-0.3, -0.25) is 0 Å². The summed E-state index contributed by atoms with van der Waals surface area (Å²) >= 11 is 1.70. The van der Waals surface area contributed by atoms with Gasteiger partial charge in [-0.05, 0) is 19.8 Å². The molecule has 0 aliphatic rings. The number of rotatable bonds is 8. The van der Waals surface area contributed by atoms with E-state index in [0.717, 1.165) is 42.4 Å². The van der Waals surface area contributed by atoms with Crippen LogP contribution in [0.25, 0.3) is 0 Å². The summed E-state index contributed by atoms with van der Waals surface area (Å²) in [6.45, 7) is 5.33. The second kappa shape index (κ2) is 8.31. The number of anilines is 1. The van der Waals surface area contributed by atoms with Crippen LogP contribution in [0.4, 0.5) is 5.82 Å². The van der Waals surface area contributed by atoms with Crippen LogP contribution in [0.3, 0.4) is 0 Å². The molecule has 0 radical (unpaired) electrons. The molecule has 0 saturated heterocycles. The van der Waals surface area contributed by atoms with Gasteiger partial charge in [0, 0.05) is 24.5 Å². The van der Waals surface area contributed by atoms with Crippen molar-refractivity contribution in [3.63, 3.8) is 0 Å². The van der Waals surface area contributed by atoms with Crippen LogP contribution in [0, 0.1) is 0 Å². The van der Waals surface area contributed by atoms with Crippen molar-refractivity contribution in [3.05, 3.63) is 11.9 Å². The van der Waals surface area contributed by atoms with Gasteiger partial charge in [0.1, 0.15) is 17.2 Å².